The van der Waals surface area contributed by atoms with Gasteiger partial charge < -0.3 is 9.88 Å². The van der Waals surface area contributed by atoms with Crippen molar-refractivity contribution < 1.29 is 9.59 Å². The van der Waals surface area contributed by atoms with Crippen molar-refractivity contribution in [3.63, 3.8) is 0 Å². The van der Waals surface area contributed by atoms with Gasteiger partial charge in [0.15, 0.2) is 0 Å². The van der Waals surface area contributed by atoms with Gasteiger partial charge in [-0.3, -0.25) is 9.59 Å². The van der Waals surface area contributed by atoms with Gasteiger partial charge in [-0.05, 0) is 47.9 Å². The molecule has 4 rings (SSSR count). The van der Waals surface area contributed by atoms with Crippen molar-refractivity contribution in [2.45, 2.75) is 26.4 Å². The molecule has 6 nitrogen and oxygen atoms in total. The van der Waals surface area contributed by atoms with Gasteiger partial charge >= 0.3 is 0 Å². The zero-order chi connectivity index (χ0) is 27.4. The van der Waals surface area contributed by atoms with E-state index in [1.807, 2.05) is 56.4 Å². The van der Waals surface area contributed by atoms with Gasteiger partial charge in [-0.15, -0.1) is 0 Å². The average molecular weight is 590 g/mol. The molecule has 38 heavy (non-hydrogen) atoms. The van der Waals surface area contributed by atoms with Crippen LogP contribution in [0, 0.1) is 5.92 Å². The smallest absolute Gasteiger partial charge is 0.262 e. The first kappa shape index (κ1) is 28.0. The normalized spacial score (nSPS) is 12.3. The quantitative estimate of drug-likeness (QED) is 0.168. The Morgan fingerprint density at radius 1 is 0.947 bits per heavy atom. The highest BCUT2D eigenvalue weighted by Gasteiger charge is 2.25. The SMILES string of the molecule is CC(C)C(NC(=O)c1ccc(Cl)cc1Cl)C(=O)N/N=C\c1cn(Cc2ccc(Cl)c(Cl)c2)c2ccccc12. The van der Waals surface area contributed by atoms with Gasteiger partial charge in [0.2, 0.25) is 0 Å². The summed E-state index contributed by atoms with van der Waals surface area (Å²) in [5.41, 5.74) is 5.59. The lowest BCUT2D eigenvalue weighted by Gasteiger charge is -2.20. The molecule has 0 aliphatic heterocycles. The van der Waals surface area contributed by atoms with Gasteiger partial charge in [0.1, 0.15) is 6.04 Å². The van der Waals surface area contributed by atoms with Crippen LogP contribution in [0.25, 0.3) is 10.9 Å². The molecule has 0 bridgehead atoms. The molecule has 0 spiro atoms. The van der Waals surface area contributed by atoms with Crippen LogP contribution in [0.1, 0.15) is 35.3 Å². The molecule has 4 aromatic rings. The van der Waals surface area contributed by atoms with Crippen molar-refractivity contribution in [2.24, 2.45) is 11.0 Å². The molecule has 1 atom stereocenters. The second kappa shape index (κ2) is 12.2. The molecule has 1 aromatic heterocycles. The summed E-state index contributed by atoms with van der Waals surface area (Å²) < 4.78 is 2.07. The molecule has 2 amide bonds. The third-order valence-electron chi connectivity index (χ3n) is 5.95. The van der Waals surface area contributed by atoms with Crippen LogP contribution < -0.4 is 10.7 Å². The number of halogens is 4. The van der Waals surface area contributed by atoms with Crippen molar-refractivity contribution in [3.8, 4) is 0 Å². The molecule has 10 heteroatoms. The molecule has 196 valence electrons. The Bertz CT molecular complexity index is 1530. The first-order valence-corrected chi connectivity index (χ1v) is 13.3. The lowest BCUT2D eigenvalue weighted by Crippen LogP contribution is -2.48. The maximum atomic E-state index is 12.9. The Labute approximate surface area is 240 Å². The Morgan fingerprint density at radius 3 is 2.42 bits per heavy atom. The molecule has 0 saturated carbocycles. The molecule has 0 fully saturated rings. The molecular formula is C28H24Cl4N4O2. The zero-order valence-electron chi connectivity index (χ0n) is 20.5. The Balaban J connectivity index is 1.49. The fourth-order valence-corrected chi connectivity index (χ4v) is 4.82. The lowest BCUT2D eigenvalue weighted by atomic mass is 10.0. The number of benzene rings is 3. The minimum absolute atomic E-state index is 0.201. The van der Waals surface area contributed by atoms with Crippen molar-refractivity contribution >= 4 is 75.3 Å². The number of carbonyl (C=O) groups excluding carboxylic acids is 2. The van der Waals surface area contributed by atoms with Crippen molar-refractivity contribution in [1.29, 1.82) is 0 Å². The first-order chi connectivity index (χ1) is 18.1. The van der Waals surface area contributed by atoms with Crippen LogP contribution in [0.5, 0.6) is 0 Å². The summed E-state index contributed by atoms with van der Waals surface area (Å²) in [5, 5.41) is 9.50. The molecule has 0 saturated heterocycles. The monoisotopic (exact) mass is 588 g/mol. The number of amides is 2. The van der Waals surface area contributed by atoms with Crippen LogP contribution in [0.2, 0.25) is 20.1 Å². The summed E-state index contributed by atoms with van der Waals surface area (Å²) in [6.07, 6.45) is 3.54. The van der Waals surface area contributed by atoms with Crippen molar-refractivity contribution in [3.05, 3.63) is 104 Å². The summed E-state index contributed by atoms with van der Waals surface area (Å²) in [4.78, 5) is 25.7. The van der Waals surface area contributed by atoms with E-state index in [4.69, 9.17) is 46.4 Å². The van der Waals surface area contributed by atoms with Gasteiger partial charge in [-0.25, -0.2) is 5.43 Å². The van der Waals surface area contributed by atoms with Gasteiger partial charge in [0.25, 0.3) is 11.8 Å². The molecule has 1 heterocycles. The van der Waals surface area contributed by atoms with E-state index >= 15 is 0 Å². The molecule has 0 aliphatic carbocycles. The van der Waals surface area contributed by atoms with Crippen LogP contribution in [0.3, 0.4) is 0 Å². The fourth-order valence-electron chi connectivity index (χ4n) is 4.01. The molecule has 1 unspecified atom stereocenters. The molecule has 0 aliphatic rings. The molecule has 3 aromatic carbocycles. The highest BCUT2D eigenvalue weighted by Crippen LogP contribution is 2.26. The number of rotatable bonds is 8. The van der Waals surface area contributed by atoms with E-state index in [1.54, 1.807) is 18.3 Å². The van der Waals surface area contributed by atoms with Crippen LogP contribution in [-0.4, -0.2) is 28.6 Å². The minimum Gasteiger partial charge on any atom is -0.342 e. The minimum atomic E-state index is -0.831. The van der Waals surface area contributed by atoms with E-state index in [9.17, 15) is 9.59 Å². The number of nitrogens with one attached hydrogen (secondary N) is 2. The number of hydrogen-bond donors (Lipinski definition) is 2. The van der Waals surface area contributed by atoms with Crippen molar-refractivity contribution in [1.82, 2.24) is 15.3 Å². The summed E-state index contributed by atoms with van der Waals surface area (Å²) in [6.45, 7) is 4.23. The fraction of sp³-hybridized carbons (Fsp3) is 0.179. The lowest BCUT2D eigenvalue weighted by molar-refractivity contribution is -0.123. The number of para-hydroxylation sites is 1. The topological polar surface area (TPSA) is 75.5 Å². The number of fused-ring (bicyclic) bond motifs is 1. The van der Waals surface area contributed by atoms with Gasteiger partial charge in [-0.2, -0.15) is 5.10 Å². The predicted molar refractivity (Wildman–Crippen MR) is 156 cm³/mol. The predicted octanol–water partition coefficient (Wildman–Crippen LogP) is 7.21. The number of aromatic nitrogens is 1. The number of nitrogens with zero attached hydrogens (tertiary/aromatic N) is 2. The largest absolute Gasteiger partial charge is 0.342 e. The average Bonchev–Trinajstić information content (AvgIpc) is 3.21. The first-order valence-electron chi connectivity index (χ1n) is 11.7. The van der Waals surface area contributed by atoms with Gasteiger partial charge in [-0.1, -0.05) is 84.5 Å². The third-order valence-corrected chi connectivity index (χ3v) is 7.23. The summed E-state index contributed by atoms with van der Waals surface area (Å²) in [5.74, 6) is -1.13. The second-order valence-corrected chi connectivity index (χ2v) is 10.7. The van der Waals surface area contributed by atoms with E-state index in [0.29, 0.717) is 21.6 Å². The number of carbonyl (C=O) groups is 2. The summed E-state index contributed by atoms with van der Waals surface area (Å²) in [7, 11) is 0. The van der Waals surface area contributed by atoms with E-state index in [-0.39, 0.29) is 16.5 Å². The highest BCUT2D eigenvalue weighted by molar-refractivity contribution is 6.42. The Kier molecular flexibility index (Phi) is 9.00. The van der Waals surface area contributed by atoms with Crippen LogP contribution >= 0.6 is 46.4 Å². The molecule has 2 N–H and O–H groups in total. The Morgan fingerprint density at radius 2 is 1.71 bits per heavy atom. The standard InChI is InChI=1S/C28H24Cl4N4O2/c1-16(2)26(34-27(37)21-9-8-19(29)12-23(21)31)28(38)35-33-13-18-15-36(25-6-4-3-5-20(18)25)14-17-7-10-22(30)24(32)11-17/h3-13,15-16,26H,14H2,1-2H3,(H,34,37)(H,35,38)/b33-13-. The summed E-state index contributed by atoms with van der Waals surface area (Å²) >= 11 is 24.3. The van der Waals surface area contributed by atoms with E-state index in [2.05, 4.69) is 20.4 Å². The number of hydrazone groups is 1. The zero-order valence-corrected chi connectivity index (χ0v) is 23.5. The molecule has 0 radical (unpaired) electrons. The van der Waals surface area contributed by atoms with Crippen LogP contribution in [0.4, 0.5) is 0 Å². The Hall–Kier alpha value is -3.03. The van der Waals surface area contributed by atoms with Gasteiger partial charge in [0, 0.05) is 34.2 Å². The highest BCUT2D eigenvalue weighted by atomic mass is 35.5. The summed E-state index contributed by atoms with van der Waals surface area (Å²) in [6, 6.07) is 17.1. The second-order valence-electron chi connectivity index (χ2n) is 9.03. The maximum absolute atomic E-state index is 12.9. The third kappa shape index (κ3) is 6.51. The van der Waals surface area contributed by atoms with Gasteiger partial charge in [0.05, 0.1) is 26.8 Å². The molecular weight excluding hydrogens is 566 g/mol. The van der Waals surface area contributed by atoms with E-state index in [0.717, 1.165) is 22.0 Å². The van der Waals surface area contributed by atoms with E-state index < -0.39 is 17.9 Å². The van der Waals surface area contributed by atoms with Crippen molar-refractivity contribution in [2.75, 3.05) is 0 Å². The van der Waals surface area contributed by atoms with E-state index in [1.165, 1.54) is 12.1 Å². The van der Waals surface area contributed by atoms with Crippen LogP contribution in [0.15, 0.2) is 72.0 Å². The maximum Gasteiger partial charge on any atom is 0.262 e. The van der Waals surface area contributed by atoms with Crippen LogP contribution in [-0.2, 0) is 11.3 Å². The number of hydrogen-bond acceptors (Lipinski definition) is 3.